The van der Waals surface area contributed by atoms with Gasteiger partial charge in [0, 0.05) is 6.07 Å². The molecular weight excluding hydrogens is 218 g/mol. The van der Waals surface area contributed by atoms with Gasteiger partial charge in [-0.1, -0.05) is 0 Å². The lowest BCUT2D eigenvalue weighted by molar-refractivity contribution is -0.385. The van der Waals surface area contributed by atoms with Gasteiger partial charge in [0.25, 0.3) is 5.69 Å². The van der Waals surface area contributed by atoms with Crippen molar-refractivity contribution in [2.45, 2.75) is 0 Å². The molecule has 0 heterocycles. The first-order chi connectivity index (χ1) is 7.47. The number of rotatable bonds is 3. The van der Waals surface area contributed by atoms with Gasteiger partial charge >= 0.3 is 11.9 Å². The lowest BCUT2D eigenvalue weighted by Gasteiger charge is -2.02. The van der Waals surface area contributed by atoms with E-state index in [-0.39, 0.29) is 11.1 Å². The summed E-state index contributed by atoms with van der Waals surface area (Å²) in [7, 11) is 1.06. The van der Waals surface area contributed by atoms with E-state index >= 15 is 0 Å². The third-order valence-electron chi connectivity index (χ3n) is 1.85. The molecule has 1 aromatic carbocycles. The normalized spacial score (nSPS) is 9.56. The molecule has 0 saturated carbocycles. The molecule has 0 atom stereocenters. The fourth-order valence-corrected chi connectivity index (χ4v) is 1.10. The summed E-state index contributed by atoms with van der Waals surface area (Å²) >= 11 is 0. The molecule has 1 rings (SSSR count). The Balaban J connectivity index is 3.38. The summed E-state index contributed by atoms with van der Waals surface area (Å²) in [6, 6.07) is 2.91. The van der Waals surface area contributed by atoms with Gasteiger partial charge in [0.15, 0.2) is 0 Å². The molecule has 1 N–H and O–H groups in total. The number of esters is 1. The molecule has 16 heavy (non-hydrogen) atoms. The first-order valence-corrected chi connectivity index (χ1v) is 4.07. The smallest absolute Gasteiger partial charge is 0.344 e. The molecule has 7 heteroatoms. The Morgan fingerprint density at radius 3 is 2.50 bits per heavy atom. The first-order valence-electron chi connectivity index (χ1n) is 4.07. The molecule has 0 spiro atoms. The van der Waals surface area contributed by atoms with Crippen molar-refractivity contribution in [3.05, 3.63) is 39.4 Å². The zero-order valence-corrected chi connectivity index (χ0v) is 8.17. The van der Waals surface area contributed by atoms with Crippen LogP contribution in [-0.2, 0) is 4.74 Å². The lowest BCUT2D eigenvalue weighted by Crippen LogP contribution is -2.08. The van der Waals surface area contributed by atoms with E-state index in [2.05, 4.69) is 4.74 Å². The van der Waals surface area contributed by atoms with Crippen molar-refractivity contribution in [3.8, 4) is 0 Å². The van der Waals surface area contributed by atoms with Crippen LogP contribution in [0.4, 0.5) is 5.69 Å². The molecule has 7 nitrogen and oxygen atoms in total. The first kappa shape index (κ1) is 11.6. The van der Waals surface area contributed by atoms with Crippen molar-refractivity contribution >= 4 is 17.6 Å². The van der Waals surface area contributed by atoms with Gasteiger partial charge in [-0.05, 0) is 12.1 Å². The number of hydrogen-bond donors (Lipinski definition) is 1. The van der Waals surface area contributed by atoms with Gasteiger partial charge in [-0.2, -0.15) is 0 Å². The number of benzene rings is 1. The van der Waals surface area contributed by atoms with Crippen LogP contribution < -0.4 is 0 Å². The molecular formula is C9H7NO6. The van der Waals surface area contributed by atoms with E-state index in [1.54, 1.807) is 0 Å². The minimum atomic E-state index is -1.28. The highest BCUT2D eigenvalue weighted by Crippen LogP contribution is 2.20. The molecule has 0 aromatic heterocycles. The number of carbonyl (C=O) groups excluding carboxylic acids is 1. The number of carbonyl (C=O) groups is 2. The quantitative estimate of drug-likeness (QED) is 0.468. The van der Waals surface area contributed by atoms with Crippen LogP contribution in [0.3, 0.4) is 0 Å². The van der Waals surface area contributed by atoms with Crippen LogP contribution in [0.1, 0.15) is 20.7 Å². The predicted molar refractivity (Wildman–Crippen MR) is 51.4 cm³/mol. The Labute approximate surface area is 89.4 Å². The highest BCUT2D eigenvalue weighted by atomic mass is 16.6. The summed E-state index contributed by atoms with van der Waals surface area (Å²) in [5, 5.41) is 19.2. The summed E-state index contributed by atoms with van der Waals surface area (Å²) in [6.45, 7) is 0. The van der Waals surface area contributed by atoms with Gasteiger partial charge in [-0.25, -0.2) is 9.59 Å². The topological polar surface area (TPSA) is 107 Å². The number of hydrogen-bond acceptors (Lipinski definition) is 5. The minimum Gasteiger partial charge on any atom is -0.478 e. The standard InChI is InChI=1S/C9H7NO6/c1-16-9(13)6-4-5(8(11)12)2-3-7(6)10(14)15/h2-4H,1H3,(H,11,12). The molecule has 0 aliphatic carbocycles. The maximum Gasteiger partial charge on any atom is 0.344 e. The largest absolute Gasteiger partial charge is 0.478 e. The lowest BCUT2D eigenvalue weighted by atomic mass is 10.1. The molecule has 1 aromatic rings. The summed E-state index contributed by atoms with van der Waals surface area (Å²) < 4.78 is 4.33. The average molecular weight is 225 g/mol. The summed E-state index contributed by atoms with van der Waals surface area (Å²) in [6.07, 6.45) is 0. The number of carboxylic acids is 1. The number of nitro benzene ring substituents is 1. The second-order valence-electron chi connectivity index (χ2n) is 2.79. The minimum absolute atomic E-state index is 0.217. The monoisotopic (exact) mass is 225 g/mol. The van der Waals surface area contributed by atoms with Crippen LogP contribution in [0.2, 0.25) is 0 Å². The van der Waals surface area contributed by atoms with Crippen molar-refractivity contribution in [2.75, 3.05) is 7.11 Å². The van der Waals surface area contributed by atoms with E-state index in [4.69, 9.17) is 5.11 Å². The molecule has 0 aliphatic rings. The van der Waals surface area contributed by atoms with E-state index in [9.17, 15) is 19.7 Å². The van der Waals surface area contributed by atoms with Gasteiger partial charge < -0.3 is 9.84 Å². The Morgan fingerprint density at radius 1 is 1.44 bits per heavy atom. The maximum atomic E-state index is 11.2. The third-order valence-corrected chi connectivity index (χ3v) is 1.85. The van der Waals surface area contributed by atoms with Gasteiger partial charge in [0.2, 0.25) is 0 Å². The predicted octanol–water partition coefficient (Wildman–Crippen LogP) is 1.08. The second-order valence-corrected chi connectivity index (χ2v) is 2.79. The van der Waals surface area contributed by atoms with Crippen LogP contribution in [0.25, 0.3) is 0 Å². The summed E-state index contributed by atoms with van der Waals surface area (Å²) in [4.78, 5) is 31.6. The number of aromatic carboxylic acids is 1. The van der Waals surface area contributed by atoms with Gasteiger partial charge in [0.05, 0.1) is 17.6 Å². The molecule has 0 bridgehead atoms. The SMILES string of the molecule is COC(=O)c1cc(C(=O)O)ccc1[N+](=O)[O-]. The highest BCUT2D eigenvalue weighted by Gasteiger charge is 2.22. The number of carboxylic acid groups (broad SMARTS) is 1. The third kappa shape index (κ3) is 2.14. The van der Waals surface area contributed by atoms with E-state index in [0.717, 1.165) is 25.3 Å². The van der Waals surface area contributed by atoms with Crippen LogP contribution in [0.5, 0.6) is 0 Å². The van der Waals surface area contributed by atoms with Gasteiger partial charge in [-0.15, -0.1) is 0 Å². The number of ether oxygens (including phenoxy) is 1. The van der Waals surface area contributed by atoms with E-state index in [1.807, 2.05) is 0 Å². The number of methoxy groups -OCH3 is 1. The Hall–Kier alpha value is -2.44. The molecule has 0 saturated heterocycles. The fourth-order valence-electron chi connectivity index (χ4n) is 1.10. The van der Waals surface area contributed by atoms with Crippen LogP contribution in [-0.4, -0.2) is 29.1 Å². The molecule has 0 aliphatic heterocycles. The Bertz CT molecular complexity index is 467. The number of nitro groups is 1. The van der Waals surface area contributed by atoms with Crippen LogP contribution >= 0.6 is 0 Å². The van der Waals surface area contributed by atoms with Crippen molar-refractivity contribution in [2.24, 2.45) is 0 Å². The van der Waals surface area contributed by atoms with E-state index in [0.29, 0.717) is 0 Å². The van der Waals surface area contributed by atoms with Crippen LogP contribution in [0.15, 0.2) is 18.2 Å². The van der Waals surface area contributed by atoms with E-state index < -0.39 is 22.5 Å². The fraction of sp³-hybridized carbons (Fsp3) is 0.111. The molecule has 0 fully saturated rings. The molecule has 84 valence electrons. The second kappa shape index (κ2) is 4.39. The molecule has 0 unspecified atom stereocenters. The molecule has 0 amide bonds. The maximum absolute atomic E-state index is 11.2. The zero-order chi connectivity index (χ0) is 12.3. The summed E-state index contributed by atoms with van der Waals surface area (Å²) in [5.74, 6) is -2.23. The van der Waals surface area contributed by atoms with Crippen molar-refractivity contribution in [1.29, 1.82) is 0 Å². The van der Waals surface area contributed by atoms with E-state index in [1.165, 1.54) is 0 Å². The molecule has 0 radical (unpaired) electrons. The Morgan fingerprint density at radius 2 is 2.06 bits per heavy atom. The highest BCUT2D eigenvalue weighted by molar-refractivity contribution is 5.97. The van der Waals surface area contributed by atoms with Crippen molar-refractivity contribution in [1.82, 2.24) is 0 Å². The van der Waals surface area contributed by atoms with Gasteiger partial charge in [0.1, 0.15) is 5.56 Å². The van der Waals surface area contributed by atoms with Crippen LogP contribution in [0, 0.1) is 10.1 Å². The summed E-state index contributed by atoms with van der Waals surface area (Å²) in [5.41, 5.74) is -1.09. The van der Waals surface area contributed by atoms with Crippen molar-refractivity contribution < 1.29 is 24.4 Å². The average Bonchev–Trinajstić information content (AvgIpc) is 2.26. The Kier molecular flexibility index (Phi) is 3.19. The zero-order valence-electron chi connectivity index (χ0n) is 8.17. The van der Waals surface area contributed by atoms with Crippen molar-refractivity contribution in [3.63, 3.8) is 0 Å². The number of nitrogens with zero attached hydrogens (tertiary/aromatic N) is 1. The van der Waals surface area contributed by atoms with Gasteiger partial charge in [-0.3, -0.25) is 10.1 Å².